The van der Waals surface area contributed by atoms with Crippen LogP contribution in [0.15, 0.2) is 24.8 Å². The van der Waals surface area contributed by atoms with Crippen molar-refractivity contribution in [2.45, 2.75) is 51.7 Å². The Morgan fingerprint density at radius 1 is 1.22 bits per heavy atom. The highest BCUT2D eigenvalue weighted by Crippen LogP contribution is 2.52. The molecule has 3 fully saturated rings. The van der Waals surface area contributed by atoms with Gasteiger partial charge >= 0.3 is 6.09 Å². The molecule has 5 heterocycles. The van der Waals surface area contributed by atoms with Gasteiger partial charge in [-0.05, 0) is 46.0 Å². The van der Waals surface area contributed by atoms with Gasteiger partial charge in [0.15, 0.2) is 11.6 Å². The van der Waals surface area contributed by atoms with E-state index in [0.29, 0.717) is 37.3 Å². The molecule has 2 saturated heterocycles. The highest BCUT2D eigenvalue weighted by molar-refractivity contribution is 6.04. The number of rotatable bonds is 4. The molecule has 2 amide bonds. The number of fused-ring (bicyclic) bond motifs is 1. The summed E-state index contributed by atoms with van der Waals surface area (Å²) in [4.78, 5) is 33.4. The summed E-state index contributed by atoms with van der Waals surface area (Å²) in [6.45, 7) is 6.71. The van der Waals surface area contributed by atoms with Crippen LogP contribution in [0.2, 0.25) is 0 Å². The summed E-state index contributed by atoms with van der Waals surface area (Å²) in [6.07, 6.45) is 7.87. The fourth-order valence-electron chi connectivity index (χ4n) is 5.14. The van der Waals surface area contributed by atoms with Crippen molar-refractivity contribution in [1.29, 1.82) is 5.26 Å². The monoisotopic (exact) mass is 506 g/mol. The molecule has 12 heteroatoms. The van der Waals surface area contributed by atoms with Crippen LogP contribution in [0.4, 0.5) is 15.0 Å². The number of ether oxygens (including phenoxy) is 1. The number of hydrogen-bond acceptors (Lipinski definition) is 7. The van der Waals surface area contributed by atoms with Crippen LogP contribution in [0.1, 0.15) is 46.1 Å². The lowest BCUT2D eigenvalue weighted by Gasteiger charge is -2.39. The first-order valence-corrected chi connectivity index (χ1v) is 12.4. The normalized spacial score (nSPS) is 22.4. The summed E-state index contributed by atoms with van der Waals surface area (Å²) >= 11 is 0. The third-order valence-electron chi connectivity index (χ3n) is 7.30. The Kier molecular flexibility index (Phi) is 5.05. The number of carbonyl (C=O) groups excluding carboxylic acids is 2. The van der Waals surface area contributed by atoms with Crippen LogP contribution in [0.25, 0.3) is 16.8 Å². The molecule has 1 atom stereocenters. The Labute approximate surface area is 212 Å². The van der Waals surface area contributed by atoms with Crippen LogP contribution in [-0.4, -0.2) is 66.5 Å². The maximum Gasteiger partial charge on any atom is 0.410 e. The molecule has 3 aromatic rings. The van der Waals surface area contributed by atoms with Crippen LogP contribution in [0, 0.1) is 28.5 Å². The molecule has 3 aromatic heterocycles. The number of aromatic nitrogens is 5. The first-order valence-electron chi connectivity index (χ1n) is 12.4. The summed E-state index contributed by atoms with van der Waals surface area (Å²) in [5, 5.41) is 18.4. The van der Waals surface area contributed by atoms with Crippen molar-refractivity contribution in [2.75, 3.05) is 24.5 Å². The minimum absolute atomic E-state index is 0.0124. The van der Waals surface area contributed by atoms with E-state index < -0.39 is 16.8 Å². The van der Waals surface area contributed by atoms with E-state index in [-0.39, 0.29) is 35.3 Å². The van der Waals surface area contributed by atoms with Gasteiger partial charge in [0.1, 0.15) is 16.5 Å². The Bertz CT molecular complexity index is 1460. The van der Waals surface area contributed by atoms with Gasteiger partial charge in [0.2, 0.25) is 5.91 Å². The molecular weight excluding hydrogens is 479 g/mol. The summed E-state index contributed by atoms with van der Waals surface area (Å²) in [5.74, 6) is -0.708. The first-order chi connectivity index (χ1) is 17.6. The van der Waals surface area contributed by atoms with E-state index in [2.05, 4.69) is 21.3 Å². The van der Waals surface area contributed by atoms with E-state index in [0.717, 1.165) is 19.0 Å². The van der Waals surface area contributed by atoms with Gasteiger partial charge in [-0.3, -0.25) is 14.4 Å². The number of nitrogens with zero attached hydrogens (tertiary/aromatic N) is 8. The van der Waals surface area contributed by atoms with Crippen molar-refractivity contribution in [3.05, 3.63) is 30.6 Å². The van der Waals surface area contributed by atoms with Crippen molar-refractivity contribution in [3.8, 4) is 17.3 Å². The highest BCUT2D eigenvalue weighted by Gasteiger charge is 2.57. The average Bonchev–Trinajstić information content (AvgIpc) is 3.28. The Hall–Kier alpha value is -4.01. The number of likely N-dealkylation sites (tertiary alicyclic amines) is 1. The summed E-state index contributed by atoms with van der Waals surface area (Å²) in [7, 11) is 0. The van der Waals surface area contributed by atoms with Gasteiger partial charge in [0.05, 0.1) is 36.4 Å². The molecule has 37 heavy (non-hydrogen) atoms. The van der Waals surface area contributed by atoms with E-state index in [9.17, 15) is 19.2 Å². The SMILES string of the molecule is CC(C)(C)OC(=O)N1CC(n2cc(-c3cn4ncc(F)c4c(N4CC[C@@](C#N)(C5CC5)C4=O)n3)cn2)C1. The molecule has 11 nitrogen and oxygen atoms in total. The lowest BCUT2D eigenvalue weighted by atomic mass is 9.83. The molecule has 0 N–H and O–H groups in total. The molecule has 0 radical (unpaired) electrons. The van der Waals surface area contributed by atoms with Gasteiger partial charge in [0.25, 0.3) is 0 Å². The maximum absolute atomic E-state index is 14.7. The lowest BCUT2D eigenvalue weighted by Crippen LogP contribution is -2.52. The second kappa shape index (κ2) is 7.99. The molecule has 0 spiro atoms. The summed E-state index contributed by atoms with van der Waals surface area (Å²) in [5.41, 5.74) is -0.400. The third-order valence-corrected chi connectivity index (χ3v) is 7.30. The van der Waals surface area contributed by atoms with Crippen molar-refractivity contribution in [1.82, 2.24) is 29.3 Å². The van der Waals surface area contributed by atoms with Gasteiger partial charge in [-0.2, -0.15) is 15.5 Å². The van der Waals surface area contributed by atoms with Crippen LogP contribution >= 0.6 is 0 Å². The van der Waals surface area contributed by atoms with Crippen LogP contribution < -0.4 is 4.90 Å². The second-order valence-corrected chi connectivity index (χ2v) is 11.0. The zero-order valence-corrected chi connectivity index (χ0v) is 20.9. The van der Waals surface area contributed by atoms with E-state index in [1.54, 1.807) is 22.0 Å². The molecule has 1 aliphatic carbocycles. The maximum atomic E-state index is 14.7. The Morgan fingerprint density at radius 2 is 1.97 bits per heavy atom. The molecule has 0 unspecified atom stereocenters. The summed E-state index contributed by atoms with van der Waals surface area (Å²) in [6, 6.07) is 2.25. The molecule has 2 aliphatic heterocycles. The number of halogens is 1. The Morgan fingerprint density at radius 3 is 2.65 bits per heavy atom. The first kappa shape index (κ1) is 23.4. The van der Waals surface area contributed by atoms with Crippen molar-refractivity contribution < 1.29 is 18.7 Å². The van der Waals surface area contributed by atoms with Crippen LogP contribution in [0.3, 0.4) is 0 Å². The van der Waals surface area contributed by atoms with Gasteiger partial charge in [-0.15, -0.1) is 0 Å². The summed E-state index contributed by atoms with van der Waals surface area (Å²) < 4.78 is 23.3. The predicted molar refractivity (Wildman–Crippen MR) is 129 cm³/mol. The van der Waals surface area contributed by atoms with Crippen molar-refractivity contribution in [2.24, 2.45) is 11.3 Å². The van der Waals surface area contributed by atoms with Gasteiger partial charge in [-0.25, -0.2) is 18.7 Å². The quantitative estimate of drug-likeness (QED) is 0.533. The fourth-order valence-corrected chi connectivity index (χ4v) is 5.14. The predicted octanol–water partition coefficient (Wildman–Crippen LogP) is 3.18. The molecular formula is C25H27FN8O3. The number of amides is 2. The van der Waals surface area contributed by atoms with E-state index in [1.807, 2.05) is 27.0 Å². The average molecular weight is 507 g/mol. The minimum Gasteiger partial charge on any atom is -0.444 e. The van der Waals surface area contributed by atoms with Crippen LogP contribution in [0.5, 0.6) is 0 Å². The zero-order valence-electron chi connectivity index (χ0n) is 20.9. The van der Waals surface area contributed by atoms with E-state index in [1.165, 1.54) is 9.42 Å². The van der Waals surface area contributed by atoms with E-state index >= 15 is 0 Å². The number of carbonyl (C=O) groups is 2. The van der Waals surface area contributed by atoms with Crippen molar-refractivity contribution >= 4 is 23.3 Å². The largest absolute Gasteiger partial charge is 0.444 e. The smallest absolute Gasteiger partial charge is 0.410 e. The molecule has 192 valence electrons. The lowest BCUT2D eigenvalue weighted by molar-refractivity contribution is -0.123. The fraction of sp³-hybridized carbons (Fsp3) is 0.520. The van der Waals surface area contributed by atoms with Gasteiger partial charge in [-0.1, -0.05) is 0 Å². The standard InChI is InChI=1S/C25H27FN8O3/c1-24(2,3)37-23(36)31-11-17(12-31)33-10-15(8-28-33)19-13-34-20(18(26)9-29-34)21(30-19)32-7-6-25(14-27,22(32)35)16-4-5-16/h8-10,13,16-17H,4-7,11-12H2,1-3H3/t25-/m1/s1. The highest BCUT2D eigenvalue weighted by atomic mass is 19.1. The number of anilines is 1. The van der Waals surface area contributed by atoms with Crippen LogP contribution in [-0.2, 0) is 9.53 Å². The van der Waals surface area contributed by atoms with E-state index in [4.69, 9.17) is 4.74 Å². The van der Waals surface area contributed by atoms with Gasteiger partial charge in [0, 0.05) is 31.4 Å². The van der Waals surface area contributed by atoms with Crippen molar-refractivity contribution in [3.63, 3.8) is 0 Å². The molecule has 0 bridgehead atoms. The zero-order chi connectivity index (χ0) is 26.1. The van der Waals surface area contributed by atoms with Gasteiger partial charge < -0.3 is 9.64 Å². The number of hydrogen-bond donors (Lipinski definition) is 0. The molecule has 1 saturated carbocycles. The number of nitriles is 1. The second-order valence-electron chi connectivity index (χ2n) is 11.0. The molecule has 0 aromatic carbocycles. The minimum atomic E-state index is -1.07. The Balaban J connectivity index is 1.27. The topological polar surface area (TPSA) is 122 Å². The third kappa shape index (κ3) is 3.80. The molecule has 3 aliphatic rings. The molecule has 6 rings (SSSR count).